The monoisotopic (exact) mass is 391 g/mol. The number of fused-ring (bicyclic) bond motifs is 2. The molecule has 1 heterocycles. The van der Waals surface area contributed by atoms with Crippen LogP contribution in [0.1, 0.15) is 60.9 Å². The maximum absolute atomic E-state index is 12.9. The van der Waals surface area contributed by atoms with Crippen molar-refractivity contribution in [3.63, 3.8) is 0 Å². The van der Waals surface area contributed by atoms with Gasteiger partial charge in [0, 0.05) is 37.2 Å². The Morgan fingerprint density at radius 3 is 2.59 bits per heavy atom. The molecule has 0 radical (unpaired) electrons. The van der Waals surface area contributed by atoms with E-state index in [-0.39, 0.29) is 30.3 Å². The van der Waals surface area contributed by atoms with Gasteiger partial charge in [0.05, 0.1) is 0 Å². The molecule has 2 aliphatic carbocycles. The number of carbonyl (C=O) groups is 2. The summed E-state index contributed by atoms with van der Waals surface area (Å²) in [5, 5.41) is 3.31. The van der Waals surface area contributed by atoms with Gasteiger partial charge in [0.1, 0.15) is 0 Å². The molecule has 3 aliphatic rings. The Labute approximate surface area is 167 Å². The van der Waals surface area contributed by atoms with Crippen molar-refractivity contribution in [2.45, 2.75) is 63.6 Å². The van der Waals surface area contributed by atoms with Gasteiger partial charge in [-0.2, -0.15) is 0 Å². The average molecular weight is 392 g/mol. The number of nitrogens with zero attached hydrogens (tertiary/aromatic N) is 1. The van der Waals surface area contributed by atoms with E-state index in [4.69, 9.17) is 5.73 Å². The summed E-state index contributed by atoms with van der Waals surface area (Å²) in [6.07, 6.45) is 7.24. The quantitative estimate of drug-likeness (QED) is 0.828. The van der Waals surface area contributed by atoms with Crippen LogP contribution in [-0.2, 0) is 11.3 Å². The first-order valence-electron chi connectivity index (χ1n) is 10.0. The predicted octanol–water partition coefficient (Wildman–Crippen LogP) is 2.87. The minimum absolute atomic E-state index is 0. The Kier molecular flexibility index (Phi) is 6.43. The first kappa shape index (κ1) is 20.2. The lowest BCUT2D eigenvalue weighted by Gasteiger charge is -2.45. The molecule has 1 aliphatic heterocycles. The molecule has 1 saturated heterocycles. The number of nitrogens with one attached hydrogen (secondary N) is 1. The summed E-state index contributed by atoms with van der Waals surface area (Å²) in [6, 6.07) is 8.28. The summed E-state index contributed by atoms with van der Waals surface area (Å²) in [7, 11) is 0. The van der Waals surface area contributed by atoms with Crippen LogP contribution >= 0.6 is 12.4 Å². The summed E-state index contributed by atoms with van der Waals surface area (Å²) >= 11 is 0. The molecule has 4 rings (SSSR count). The lowest BCUT2D eigenvalue weighted by Crippen LogP contribution is -2.53. The van der Waals surface area contributed by atoms with E-state index >= 15 is 0 Å². The van der Waals surface area contributed by atoms with Crippen molar-refractivity contribution in [1.82, 2.24) is 10.2 Å². The average Bonchev–Trinajstić information content (AvgIpc) is 3.01. The Hall–Kier alpha value is -1.59. The molecule has 1 aromatic carbocycles. The third-order valence-electron chi connectivity index (χ3n) is 6.41. The summed E-state index contributed by atoms with van der Waals surface area (Å²) in [5.74, 6) is 1.27. The van der Waals surface area contributed by atoms with Crippen molar-refractivity contribution in [2.75, 3.05) is 6.54 Å². The molecular formula is C21H30ClN3O2. The largest absolute Gasteiger partial charge is 0.349 e. The number of amides is 2. The first-order chi connectivity index (χ1) is 12.6. The zero-order chi connectivity index (χ0) is 18.1. The van der Waals surface area contributed by atoms with Crippen LogP contribution in [0.3, 0.4) is 0 Å². The van der Waals surface area contributed by atoms with Gasteiger partial charge in [0.25, 0.3) is 5.91 Å². The predicted molar refractivity (Wildman–Crippen MR) is 108 cm³/mol. The zero-order valence-corrected chi connectivity index (χ0v) is 16.5. The highest BCUT2D eigenvalue weighted by molar-refractivity contribution is 5.94. The Morgan fingerprint density at radius 1 is 1.19 bits per heavy atom. The molecule has 2 bridgehead atoms. The fourth-order valence-electron chi connectivity index (χ4n) is 5.16. The third kappa shape index (κ3) is 4.46. The SMILES string of the molecule is Cl.NC1CC2CCCC(C1)C2NC(=O)c1cccc(CN2CCCC2=O)c1. The van der Waals surface area contributed by atoms with E-state index in [1.165, 1.54) is 19.3 Å². The van der Waals surface area contributed by atoms with Gasteiger partial charge in [-0.05, 0) is 61.6 Å². The van der Waals surface area contributed by atoms with Crippen LogP contribution in [0.15, 0.2) is 24.3 Å². The van der Waals surface area contributed by atoms with Crippen LogP contribution in [0.4, 0.5) is 0 Å². The van der Waals surface area contributed by atoms with E-state index in [1.807, 2.05) is 29.2 Å². The maximum atomic E-state index is 12.9. The van der Waals surface area contributed by atoms with Crippen molar-refractivity contribution < 1.29 is 9.59 Å². The van der Waals surface area contributed by atoms with Crippen LogP contribution < -0.4 is 11.1 Å². The number of likely N-dealkylation sites (tertiary alicyclic amines) is 1. The molecule has 3 N–H and O–H groups in total. The van der Waals surface area contributed by atoms with Gasteiger partial charge in [-0.3, -0.25) is 9.59 Å². The molecule has 148 valence electrons. The van der Waals surface area contributed by atoms with Gasteiger partial charge in [0.2, 0.25) is 5.91 Å². The van der Waals surface area contributed by atoms with Gasteiger partial charge in [-0.1, -0.05) is 18.6 Å². The van der Waals surface area contributed by atoms with Crippen LogP contribution in [0.5, 0.6) is 0 Å². The number of benzene rings is 1. The second-order valence-electron chi connectivity index (χ2n) is 8.30. The molecule has 2 unspecified atom stereocenters. The first-order valence-corrected chi connectivity index (χ1v) is 10.0. The van der Waals surface area contributed by atoms with E-state index in [0.29, 0.717) is 36.4 Å². The number of nitrogens with two attached hydrogens (primary N) is 1. The van der Waals surface area contributed by atoms with Crippen molar-refractivity contribution in [1.29, 1.82) is 0 Å². The van der Waals surface area contributed by atoms with E-state index in [0.717, 1.165) is 31.4 Å². The van der Waals surface area contributed by atoms with E-state index in [1.54, 1.807) is 0 Å². The second kappa shape index (κ2) is 8.61. The summed E-state index contributed by atoms with van der Waals surface area (Å²) in [5.41, 5.74) is 7.92. The maximum Gasteiger partial charge on any atom is 0.251 e. The number of rotatable bonds is 4. The van der Waals surface area contributed by atoms with Gasteiger partial charge < -0.3 is 16.0 Å². The fraction of sp³-hybridized carbons (Fsp3) is 0.619. The molecular weight excluding hydrogens is 362 g/mol. The Morgan fingerprint density at radius 2 is 1.93 bits per heavy atom. The number of hydrogen-bond acceptors (Lipinski definition) is 3. The topological polar surface area (TPSA) is 75.4 Å². The summed E-state index contributed by atoms with van der Waals surface area (Å²) in [6.45, 7) is 1.42. The molecule has 5 nitrogen and oxygen atoms in total. The van der Waals surface area contributed by atoms with Gasteiger partial charge >= 0.3 is 0 Å². The molecule has 0 spiro atoms. The zero-order valence-electron chi connectivity index (χ0n) is 15.7. The minimum atomic E-state index is 0. The van der Waals surface area contributed by atoms with Crippen molar-refractivity contribution in [2.24, 2.45) is 17.6 Å². The van der Waals surface area contributed by atoms with E-state index in [9.17, 15) is 9.59 Å². The Balaban J connectivity index is 0.00000210. The number of carbonyl (C=O) groups excluding carboxylic acids is 2. The second-order valence-corrected chi connectivity index (χ2v) is 8.30. The van der Waals surface area contributed by atoms with E-state index < -0.39 is 0 Å². The highest BCUT2D eigenvalue weighted by Crippen LogP contribution is 2.39. The van der Waals surface area contributed by atoms with Crippen LogP contribution in [0.2, 0.25) is 0 Å². The van der Waals surface area contributed by atoms with Gasteiger partial charge in [-0.25, -0.2) is 0 Å². The third-order valence-corrected chi connectivity index (χ3v) is 6.41. The van der Waals surface area contributed by atoms with E-state index in [2.05, 4.69) is 5.32 Å². The van der Waals surface area contributed by atoms with Crippen molar-refractivity contribution in [3.05, 3.63) is 35.4 Å². The minimum Gasteiger partial charge on any atom is -0.349 e. The molecule has 2 atom stereocenters. The standard InChI is InChI=1S/C21H29N3O2.ClH/c22-18-11-15-5-2-6-16(12-18)20(15)23-21(26)17-7-1-4-14(10-17)13-24-9-3-8-19(24)25;/h1,4,7,10,15-16,18,20H,2-3,5-6,8-9,11-13,22H2,(H,23,26);1H. The lowest BCUT2D eigenvalue weighted by atomic mass is 9.67. The summed E-state index contributed by atoms with van der Waals surface area (Å²) < 4.78 is 0. The molecule has 3 fully saturated rings. The van der Waals surface area contributed by atoms with Crippen LogP contribution in [0.25, 0.3) is 0 Å². The molecule has 0 aromatic heterocycles. The summed E-state index contributed by atoms with van der Waals surface area (Å²) in [4.78, 5) is 26.6. The van der Waals surface area contributed by atoms with Gasteiger partial charge in [-0.15, -0.1) is 12.4 Å². The van der Waals surface area contributed by atoms with Crippen LogP contribution in [-0.4, -0.2) is 35.3 Å². The fourth-order valence-corrected chi connectivity index (χ4v) is 5.16. The molecule has 1 aromatic rings. The molecule has 2 saturated carbocycles. The molecule has 27 heavy (non-hydrogen) atoms. The lowest BCUT2D eigenvalue weighted by molar-refractivity contribution is -0.128. The van der Waals surface area contributed by atoms with Crippen molar-refractivity contribution in [3.8, 4) is 0 Å². The number of halogens is 1. The van der Waals surface area contributed by atoms with Crippen molar-refractivity contribution >= 4 is 24.2 Å². The Bertz CT molecular complexity index is 682. The van der Waals surface area contributed by atoms with Crippen LogP contribution in [0, 0.1) is 11.8 Å². The highest BCUT2D eigenvalue weighted by atomic mass is 35.5. The normalized spacial score (nSPS) is 30.0. The molecule has 2 amide bonds. The number of hydrogen-bond donors (Lipinski definition) is 2. The van der Waals surface area contributed by atoms with Gasteiger partial charge in [0.15, 0.2) is 0 Å². The smallest absolute Gasteiger partial charge is 0.251 e. The molecule has 6 heteroatoms. The highest BCUT2D eigenvalue weighted by Gasteiger charge is 2.40.